The van der Waals surface area contributed by atoms with Gasteiger partial charge in [-0.2, -0.15) is 0 Å². The zero-order valence-corrected chi connectivity index (χ0v) is 24.7. The molecule has 3 aliphatic heterocycles. The Hall–Kier alpha value is -3.50. The first-order chi connectivity index (χ1) is 20.1. The number of aliphatic hydroxyl groups excluding tert-OH is 1. The molecule has 2 N–H and O–H groups in total. The average Bonchev–Trinajstić information content (AvgIpc) is 3.63. The first kappa shape index (κ1) is 31.4. The molecule has 1 spiro atoms. The third-order valence-corrected chi connectivity index (χ3v) is 8.73. The van der Waals surface area contributed by atoms with Gasteiger partial charge in [0.25, 0.3) is 0 Å². The predicted molar refractivity (Wildman–Crippen MR) is 156 cm³/mol. The van der Waals surface area contributed by atoms with Gasteiger partial charge in [0.15, 0.2) is 0 Å². The molecule has 3 amide bonds. The number of hydrogen-bond acceptors (Lipinski definition) is 7. The Morgan fingerprint density at radius 3 is 2.55 bits per heavy atom. The molecule has 1 aromatic rings. The molecule has 3 aliphatic rings. The number of allylic oxidation sites excluding steroid dienone is 1. The topological polar surface area (TPSA) is 125 Å². The van der Waals surface area contributed by atoms with Gasteiger partial charge in [-0.25, -0.2) is 0 Å². The van der Waals surface area contributed by atoms with Crippen molar-refractivity contribution in [2.24, 2.45) is 11.8 Å². The number of esters is 1. The summed E-state index contributed by atoms with van der Waals surface area (Å²) < 4.78 is 12.0. The first-order valence-corrected chi connectivity index (χ1v) is 14.7. The zero-order valence-electron chi connectivity index (χ0n) is 24.7. The van der Waals surface area contributed by atoms with Crippen molar-refractivity contribution in [3.8, 4) is 0 Å². The maximum absolute atomic E-state index is 14.1. The number of nitrogens with zero attached hydrogens (tertiary/aromatic N) is 2. The number of rotatable bonds is 14. The normalized spacial score (nSPS) is 27.4. The number of aliphatic hydroxyl groups is 1. The number of likely N-dealkylation sites (tertiary alicyclic amines) is 1. The van der Waals surface area contributed by atoms with E-state index in [2.05, 4.69) is 18.5 Å². The molecule has 10 heteroatoms. The second-order valence-electron chi connectivity index (χ2n) is 11.7. The van der Waals surface area contributed by atoms with E-state index in [-0.39, 0.29) is 37.5 Å². The lowest BCUT2D eigenvalue weighted by molar-refractivity contribution is -0.152. The van der Waals surface area contributed by atoms with Crippen molar-refractivity contribution < 1.29 is 33.8 Å². The van der Waals surface area contributed by atoms with Crippen LogP contribution in [-0.2, 0) is 28.7 Å². The average molecular weight is 582 g/mol. The molecule has 0 aromatic heterocycles. The summed E-state index contributed by atoms with van der Waals surface area (Å²) in [5.41, 5.74) is -0.433. The van der Waals surface area contributed by atoms with Crippen molar-refractivity contribution >= 4 is 23.7 Å². The third-order valence-electron chi connectivity index (χ3n) is 8.73. The van der Waals surface area contributed by atoms with Gasteiger partial charge in [-0.1, -0.05) is 42.5 Å². The van der Waals surface area contributed by atoms with Crippen molar-refractivity contribution in [1.29, 1.82) is 0 Å². The Balaban J connectivity index is 1.64. The Labute approximate surface area is 247 Å². The van der Waals surface area contributed by atoms with Gasteiger partial charge >= 0.3 is 5.97 Å². The summed E-state index contributed by atoms with van der Waals surface area (Å²) in [6.45, 7) is 12.8. The maximum Gasteiger partial charge on any atom is 0.306 e. The molecule has 4 rings (SSSR count). The van der Waals surface area contributed by atoms with E-state index in [9.17, 15) is 24.3 Å². The molecule has 42 heavy (non-hydrogen) atoms. The fourth-order valence-corrected chi connectivity index (χ4v) is 6.73. The largest absolute Gasteiger partial charge is 0.463 e. The van der Waals surface area contributed by atoms with Gasteiger partial charge in [-0.05, 0) is 45.6 Å². The fourth-order valence-electron chi connectivity index (χ4n) is 6.73. The molecule has 3 saturated heterocycles. The van der Waals surface area contributed by atoms with E-state index in [1.54, 1.807) is 24.0 Å². The molecule has 0 aliphatic carbocycles. The molecule has 2 bridgehead atoms. The number of nitrogens with one attached hydrogen (secondary N) is 1. The summed E-state index contributed by atoms with van der Waals surface area (Å²) in [6.07, 6.45) is 4.37. The summed E-state index contributed by atoms with van der Waals surface area (Å²) in [6, 6.07) is 6.75. The van der Waals surface area contributed by atoms with Crippen LogP contribution in [0.15, 0.2) is 55.6 Å². The van der Waals surface area contributed by atoms with Gasteiger partial charge in [0.2, 0.25) is 17.7 Å². The van der Waals surface area contributed by atoms with Crippen LogP contribution in [-0.4, -0.2) is 88.2 Å². The van der Waals surface area contributed by atoms with Crippen LogP contribution in [0.1, 0.15) is 58.1 Å². The number of amides is 3. The van der Waals surface area contributed by atoms with Crippen LogP contribution in [0.2, 0.25) is 0 Å². The van der Waals surface area contributed by atoms with Crippen molar-refractivity contribution in [3.05, 3.63) is 61.2 Å². The number of carbonyl (C=O) groups is 4. The summed E-state index contributed by atoms with van der Waals surface area (Å²) in [5, 5.41) is 13.1. The van der Waals surface area contributed by atoms with Gasteiger partial charge in [-0.3, -0.25) is 19.2 Å². The van der Waals surface area contributed by atoms with E-state index in [4.69, 9.17) is 9.47 Å². The molecule has 0 saturated carbocycles. The van der Waals surface area contributed by atoms with Crippen LogP contribution in [0.3, 0.4) is 0 Å². The van der Waals surface area contributed by atoms with Gasteiger partial charge in [0.1, 0.15) is 18.2 Å². The van der Waals surface area contributed by atoms with Crippen LogP contribution in [0, 0.1) is 11.8 Å². The van der Waals surface area contributed by atoms with Crippen LogP contribution < -0.4 is 5.32 Å². The minimum absolute atomic E-state index is 0.0760. The van der Waals surface area contributed by atoms with Crippen LogP contribution in [0.4, 0.5) is 0 Å². The van der Waals surface area contributed by atoms with Gasteiger partial charge in [0, 0.05) is 19.0 Å². The van der Waals surface area contributed by atoms with Crippen molar-refractivity contribution in [2.45, 2.75) is 82.3 Å². The summed E-state index contributed by atoms with van der Waals surface area (Å²) in [7, 11) is 0. The highest BCUT2D eigenvalue weighted by molar-refractivity contribution is 5.99. The monoisotopic (exact) mass is 581 g/mol. The number of fused-ring (bicyclic) bond motifs is 1. The fraction of sp³-hybridized carbons (Fsp3) is 0.562. The molecule has 1 aromatic carbocycles. The van der Waals surface area contributed by atoms with E-state index in [0.29, 0.717) is 25.8 Å². The minimum atomic E-state index is -1.18. The lowest BCUT2D eigenvalue weighted by atomic mass is 9.70. The third kappa shape index (κ3) is 5.74. The van der Waals surface area contributed by atoms with E-state index in [1.165, 1.54) is 4.90 Å². The van der Waals surface area contributed by atoms with E-state index >= 15 is 0 Å². The SMILES string of the molecule is C=CCCC(=O)OC[C@H](NC(=O)[C@@H]1[C@@H]2CC[C@]3(O2)[C@H](C(=O)N(CC=C)C(C)C)N([C@H](C)CO)C(=O)[C@@H]13)c1ccccc1. The summed E-state index contributed by atoms with van der Waals surface area (Å²) >= 11 is 0. The highest BCUT2D eigenvalue weighted by atomic mass is 16.5. The lowest BCUT2D eigenvalue weighted by Gasteiger charge is -2.39. The second kappa shape index (κ2) is 13.2. The first-order valence-electron chi connectivity index (χ1n) is 14.7. The minimum Gasteiger partial charge on any atom is -0.463 e. The van der Waals surface area contributed by atoms with Crippen molar-refractivity contribution in [2.75, 3.05) is 19.8 Å². The number of hydrogen-bond donors (Lipinski definition) is 2. The van der Waals surface area contributed by atoms with Gasteiger partial charge in [0.05, 0.1) is 36.6 Å². The molecule has 10 nitrogen and oxygen atoms in total. The molecule has 3 heterocycles. The lowest BCUT2D eigenvalue weighted by Crippen LogP contribution is -2.59. The molecular formula is C32H43N3O7. The molecule has 3 fully saturated rings. The summed E-state index contributed by atoms with van der Waals surface area (Å²) in [4.78, 5) is 57.6. The smallest absolute Gasteiger partial charge is 0.306 e. The molecule has 7 atom stereocenters. The van der Waals surface area contributed by atoms with Crippen LogP contribution in [0.5, 0.6) is 0 Å². The molecule has 0 radical (unpaired) electrons. The van der Waals surface area contributed by atoms with Crippen molar-refractivity contribution in [1.82, 2.24) is 15.1 Å². The Bertz CT molecular complexity index is 1190. The predicted octanol–water partition coefficient (Wildman–Crippen LogP) is 2.53. The highest BCUT2D eigenvalue weighted by Crippen LogP contribution is 2.59. The highest BCUT2D eigenvalue weighted by Gasteiger charge is 2.75. The Morgan fingerprint density at radius 2 is 1.93 bits per heavy atom. The zero-order chi connectivity index (χ0) is 30.6. The van der Waals surface area contributed by atoms with Crippen molar-refractivity contribution in [3.63, 3.8) is 0 Å². The standard InChI is InChI=1S/C32H43N3O7/c1-6-8-14-25(37)41-19-23(22-12-10-9-11-13-22)33-29(38)26-24-15-16-32(42-24)27(26)30(39)35(21(5)18-36)28(32)31(40)34(17-7-2)20(3)4/h6-7,9-13,20-21,23-24,26-28,36H,1-2,8,14-19H2,3-5H3,(H,33,38)/t21-,23+,24+,26-,27-,28+,32-/m1/s1. The maximum atomic E-state index is 14.1. The van der Waals surface area contributed by atoms with E-state index in [0.717, 1.165) is 5.56 Å². The quantitative estimate of drug-likeness (QED) is 0.256. The Morgan fingerprint density at radius 1 is 1.21 bits per heavy atom. The van der Waals surface area contributed by atoms with Crippen LogP contribution in [0.25, 0.3) is 0 Å². The Kier molecular flexibility index (Phi) is 9.89. The van der Waals surface area contributed by atoms with Crippen LogP contribution >= 0.6 is 0 Å². The van der Waals surface area contributed by atoms with Gasteiger partial charge < -0.3 is 29.7 Å². The number of benzene rings is 1. The molecule has 228 valence electrons. The number of carbonyl (C=O) groups excluding carboxylic acids is 4. The van der Waals surface area contributed by atoms with Gasteiger partial charge in [-0.15, -0.1) is 13.2 Å². The summed E-state index contributed by atoms with van der Waals surface area (Å²) in [5.74, 6) is -3.17. The van der Waals surface area contributed by atoms with E-state index in [1.807, 2.05) is 44.2 Å². The molecule has 0 unspecified atom stereocenters. The molecular weight excluding hydrogens is 538 g/mol. The second-order valence-corrected chi connectivity index (χ2v) is 11.7. The van der Waals surface area contributed by atoms with E-state index < -0.39 is 53.5 Å². The number of ether oxygens (including phenoxy) is 2.